The molecule has 3 fully saturated rings. The quantitative estimate of drug-likeness (QED) is 0.592. The number of carbonyl (C=O) groups is 2. The number of alkyl halides is 3. The highest BCUT2D eigenvalue weighted by Gasteiger charge is 2.40. The van der Waals surface area contributed by atoms with Crippen molar-refractivity contribution < 1.29 is 22.8 Å². The highest BCUT2D eigenvalue weighted by atomic mass is 35.5. The van der Waals surface area contributed by atoms with Crippen LogP contribution in [0.1, 0.15) is 83.6 Å². The van der Waals surface area contributed by atoms with Gasteiger partial charge in [0.25, 0.3) is 5.91 Å². The van der Waals surface area contributed by atoms with Crippen LogP contribution in [0.3, 0.4) is 0 Å². The summed E-state index contributed by atoms with van der Waals surface area (Å²) in [6, 6.07) is 5.79. The molecule has 0 bridgehead atoms. The molecule has 2 N–H and O–H groups in total. The Balaban J connectivity index is 0.00000320. The zero-order valence-electron chi connectivity index (χ0n) is 20.6. The molecule has 7 nitrogen and oxygen atoms in total. The van der Waals surface area contributed by atoms with Gasteiger partial charge >= 0.3 is 6.18 Å². The van der Waals surface area contributed by atoms with Crippen molar-refractivity contribution in [3.63, 3.8) is 0 Å². The van der Waals surface area contributed by atoms with Gasteiger partial charge in [0.2, 0.25) is 5.91 Å². The number of hydrogen-bond donors (Lipinski definition) is 1. The van der Waals surface area contributed by atoms with E-state index in [-0.39, 0.29) is 54.2 Å². The lowest BCUT2D eigenvalue weighted by Gasteiger charge is -2.33. The van der Waals surface area contributed by atoms with Crippen LogP contribution in [0, 0.1) is 0 Å². The van der Waals surface area contributed by atoms with Gasteiger partial charge in [0, 0.05) is 51.0 Å². The minimum absolute atomic E-state index is 0. The van der Waals surface area contributed by atoms with Crippen LogP contribution < -0.4 is 5.73 Å². The molecule has 1 atom stereocenters. The molecular formula is C26H33ClF3N5O2. The Morgan fingerprint density at radius 1 is 0.973 bits per heavy atom. The van der Waals surface area contributed by atoms with Crippen LogP contribution in [-0.4, -0.2) is 64.1 Å². The smallest absolute Gasteiger partial charge is 0.343 e. The molecule has 2 amide bonds. The summed E-state index contributed by atoms with van der Waals surface area (Å²) in [4.78, 5) is 29.3. The summed E-state index contributed by atoms with van der Waals surface area (Å²) in [6.07, 6.45) is 1.61. The van der Waals surface area contributed by atoms with Crippen LogP contribution in [0.15, 0.2) is 30.5 Å². The van der Waals surface area contributed by atoms with Crippen molar-refractivity contribution in [3.8, 4) is 0 Å². The molecule has 202 valence electrons. The SMILES string of the molecule is Cl.NCCC(=O)N1CCC(n2ncc(C(=O)N3CC[C@@H](c4ccccc4C(F)(F)F)C3)c2C2CC2)CC1. The summed E-state index contributed by atoms with van der Waals surface area (Å²) in [5, 5.41) is 4.62. The van der Waals surface area contributed by atoms with E-state index in [1.54, 1.807) is 17.2 Å². The van der Waals surface area contributed by atoms with Crippen molar-refractivity contribution >= 4 is 24.2 Å². The number of piperidine rings is 1. The molecule has 3 aliphatic rings. The number of aromatic nitrogens is 2. The minimum atomic E-state index is -4.42. The van der Waals surface area contributed by atoms with Gasteiger partial charge in [-0.3, -0.25) is 14.3 Å². The number of nitrogens with zero attached hydrogens (tertiary/aromatic N) is 4. The van der Waals surface area contributed by atoms with Crippen LogP contribution in [0.5, 0.6) is 0 Å². The number of halogens is 4. The normalized spacial score (nSPS) is 20.7. The zero-order valence-corrected chi connectivity index (χ0v) is 21.4. The second-order valence-electron chi connectivity index (χ2n) is 10.1. The second kappa shape index (κ2) is 11.0. The Labute approximate surface area is 220 Å². The number of likely N-dealkylation sites (tertiary alicyclic amines) is 2. The summed E-state index contributed by atoms with van der Waals surface area (Å²) >= 11 is 0. The summed E-state index contributed by atoms with van der Waals surface area (Å²) in [5.41, 5.74) is 6.68. The van der Waals surface area contributed by atoms with Gasteiger partial charge in [-0.2, -0.15) is 18.3 Å². The summed E-state index contributed by atoms with van der Waals surface area (Å²) in [7, 11) is 0. The Morgan fingerprint density at radius 2 is 1.65 bits per heavy atom. The first-order chi connectivity index (χ1) is 17.3. The number of rotatable bonds is 6. The molecule has 11 heteroatoms. The van der Waals surface area contributed by atoms with Crippen LogP contribution in [0.2, 0.25) is 0 Å². The van der Waals surface area contributed by atoms with E-state index >= 15 is 0 Å². The van der Waals surface area contributed by atoms with E-state index in [4.69, 9.17) is 5.73 Å². The van der Waals surface area contributed by atoms with Crippen LogP contribution in [0.4, 0.5) is 13.2 Å². The molecule has 37 heavy (non-hydrogen) atoms. The average Bonchev–Trinajstić information content (AvgIpc) is 3.41. The van der Waals surface area contributed by atoms with Crippen molar-refractivity contribution in [1.82, 2.24) is 19.6 Å². The number of nitrogens with two attached hydrogens (primary N) is 1. The third kappa shape index (κ3) is 5.65. The lowest BCUT2D eigenvalue weighted by atomic mass is 9.93. The molecule has 3 heterocycles. The van der Waals surface area contributed by atoms with Gasteiger partial charge in [0.1, 0.15) is 0 Å². The third-order valence-electron chi connectivity index (χ3n) is 7.73. The monoisotopic (exact) mass is 539 g/mol. The first kappa shape index (κ1) is 27.4. The number of carbonyl (C=O) groups excluding carboxylic acids is 2. The van der Waals surface area contributed by atoms with Crippen molar-refractivity contribution in [2.75, 3.05) is 32.7 Å². The molecule has 1 saturated carbocycles. The standard InChI is InChI=1S/C26H32F3N5O2.ClH/c27-26(28,29)22-4-2-1-3-20(22)18-8-12-33(16-18)25(36)21-15-31-34(24(21)17-5-6-17)19-9-13-32(14-10-19)23(35)7-11-30;/h1-4,15,17-19H,5-14,16,30H2;1H/t18-;/m1./s1. The van der Waals surface area contributed by atoms with Gasteiger partial charge in [-0.25, -0.2) is 0 Å². The summed E-state index contributed by atoms with van der Waals surface area (Å²) in [5.74, 6) is -0.134. The molecule has 1 aromatic heterocycles. The third-order valence-corrected chi connectivity index (χ3v) is 7.73. The lowest BCUT2D eigenvalue weighted by Crippen LogP contribution is -2.40. The largest absolute Gasteiger partial charge is 0.416 e. The van der Waals surface area contributed by atoms with Gasteiger partial charge < -0.3 is 15.5 Å². The van der Waals surface area contributed by atoms with E-state index < -0.39 is 11.7 Å². The van der Waals surface area contributed by atoms with E-state index in [0.717, 1.165) is 37.4 Å². The number of benzene rings is 1. The Kier molecular flexibility index (Phi) is 8.18. The van der Waals surface area contributed by atoms with E-state index in [1.807, 2.05) is 9.58 Å². The summed E-state index contributed by atoms with van der Waals surface area (Å²) < 4.78 is 42.6. The van der Waals surface area contributed by atoms with Crippen LogP contribution >= 0.6 is 12.4 Å². The highest BCUT2D eigenvalue weighted by molar-refractivity contribution is 5.95. The Bertz CT molecular complexity index is 1130. The second-order valence-corrected chi connectivity index (χ2v) is 10.1. The maximum Gasteiger partial charge on any atom is 0.416 e. The van der Waals surface area contributed by atoms with Crippen molar-refractivity contribution in [1.29, 1.82) is 0 Å². The van der Waals surface area contributed by atoms with Gasteiger partial charge in [-0.05, 0) is 43.7 Å². The summed E-state index contributed by atoms with van der Waals surface area (Å²) in [6.45, 7) is 2.32. The Hall–Kier alpha value is -2.59. The topological polar surface area (TPSA) is 84.5 Å². The van der Waals surface area contributed by atoms with Crippen molar-refractivity contribution in [3.05, 3.63) is 52.8 Å². The molecule has 2 aliphatic heterocycles. The lowest BCUT2D eigenvalue weighted by molar-refractivity contribution is -0.138. The molecule has 2 aromatic rings. The Morgan fingerprint density at radius 3 is 2.30 bits per heavy atom. The fourth-order valence-corrected chi connectivity index (χ4v) is 5.71. The predicted octanol–water partition coefficient (Wildman–Crippen LogP) is 4.34. The van der Waals surface area contributed by atoms with E-state index in [1.165, 1.54) is 12.1 Å². The molecule has 2 saturated heterocycles. The fraction of sp³-hybridized carbons (Fsp3) is 0.577. The van der Waals surface area contributed by atoms with Gasteiger partial charge in [-0.1, -0.05) is 18.2 Å². The highest BCUT2D eigenvalue weighted by Crippen LogP contribution is 2.44. The van der Waals surface area contributed by atoms with E-state index in [2.05, 4.69) is 5.10 Å². The molecule has 1 aliphatic carbocycles. The molecule has 1 aromatic carbocycles. The molecular weight excluding hydrogens is 507 g/mol. The minimum Gasteiger partial charge on any atom is -0.343 e. The van der Waals surface area contributed by atoms with E-state index in [0.29, 0.717) is 44.6 Å². The first-order valence-corrected chi connectivity index (χ1v) is 12.8. The van der Waals surface area contributed by atoms with Gasteiger partial charge in [-0.15, -0.1) is 12.4 Å². The number of amides is 2. The zero-order chi connectivity index (χ0) is 25.4. The average molecular weight is 540 g/mol. The number of hydrogen-bond acceptors (Lipinski definition) is 4. The van der Waals surface area contributed by atoms with Crippen LogP contribution in [-0.2, 0) is 11.0 Å². The maximum absolute atomic E-state index is 13.6. The van der Waals surface area contributed by atoms with Crippen molar-refractivity contribution in [2.45, 2.75) is 62.6 Å². The first-order valence-electron chi connectivity index (χ1n) is 12.8. The molecule has 5 rings (SSSR count). The van der Waals surface area contributed by atoms with Crippen molar-refractivity contribution in [2.24, 2.45) is 5.73 Å². The van der Waals surface area contributed by atoms with E-state index in [9.17, 15) is 22.8 Å². The van der Waals surface area contributed by atoms with Gasteiger partial charge in [0.05, 0.1) is 29.1 Å². The fourth-order valence-electron chi connectivity index (χ4n) is 5.71. The molecule has 0 radical (unpaired) electrons. The molecule has 0 spiro atoms. The van der Waals surface area contributed by atoms with Crippen LogP contribution in [0.25, 0.3) is 0 Å². The predicted molar refractivity (Wildman–Crippen MR) is 135 cm³/mol. The molecule has 0 unspecified atom stereocenters. The maximum atomic E-state index is 13.6. The van der Waals surface area contributed by atoms with Gasteiger partial charge in [0.15, 0.2) is 0 Å².